The Morgan fingerprint density at radius 3 is 2.54 bits per heavy atom. The molecule has 28 heavy (non-hydrogen) atoms. The standard InChI is InChI=1S/C15H11F6N5O2/c1-7(15(19,20)21)28-13-9(16)2-8(3-23-13)10-5-26-11(4-22-10)24-25-12(26)6-27-14(17)18/h2-5,7,14H,6H2,1H3/t7-/m0/s1. The van der Waals surface area contributed by atoms with Gasteiger partial charge in [0.1, 0.15) is 6.61 Å². The van der Waals surface area contributed by atoms with E-state index in [-0.39, 0.29) is 22.7 Å². The second kappa shape index (κ2) is 7.58. The van der Waals surface area contributed by atoms with Crippen molar-refractivity contribution in [1.29, 1.82) is 0 Å². The van der Waals surface area contributed by atoms with Crippen LogP contribution < -0.4 is 4.74 Å². The molecule has 1 atom stereocenters. The van der Waals surface area contributed by atoms with Crippen molar-refractivity contribution in [3.63, 3.8) is 0 Å². The summed E-state index contributed by atoms with van der Waals surface area (Å²) in [5.74, 6) is -1.89. The Labute approximate surface area is 152 Å². The van der Waals surface area contributed by atoms with Crippen molar-refractivity contribution >= 4 is 5.65 Å². The summed E-state index contributed by atoms with van der Waals surface area (Å²) in [6.07, 6.45) is -3.28. The highest BCUT2D eigenvalue weighted by Gasteiger charge is 2.38. The van der Waals surface area contributed by atoms with E-state index < -0.39 is 37.2 Å². The zero-order valence-corrected chi connectivity index (χ0v) is 14.0. The lowest BCUT2D eigenvalue weighted by Crippen LogP contribution is -2.31. The number of fused-ring (bicyclic) bond motifs is 1. The SMILES string of the molecule is C[C@H](Oc1ncc(-c2cn3c(COC(F)F)nnc3cn2)cc1F)C(F)(F)F. The van der Waals surface area contributed by atoms with E-state index in [9.17, 15) is 26.3 Å². The fraction of sp³-hybridized carbons (Fsp3) is 0.333. The van der Waals surface area contributed by atoms with Gasteiger partial charge in [0.2, 0.25) is 0 Å². The summed E-state index contributed by atoms with van der Waals surface area (Å²) in [6.45, 7) is -2.81. The minimum Gasteiger partial charge on any atom is -0.463 e. The Bertz CT molecular complexity index is 977. The first-order valence-corrected chi connectivity index (χ1v) is 7.64. The summed E-state index contributed by atoms with van der Waals surface area (Å²) >= 11 is 0. The second-order valence-electron chi connectivity index (χ2n) is 5.50. The molecule has 0 aliphatic rings. The van der Waals surface area contributed by atoms with E-state index in [1.54, 1.807) is 0 Å². The fourth-order valence-corrected chi connectivity index (χ4v) is 2.12. The Hall–Kier alpha value is -2.96. The molecule has 7 nitrogen and oxygen atoms in total. The number of halogens is 6. The predicted octanol–water partition coefficient (Wildman–Crippen LogP) is 3.39. The first-order chi connectivity index (χ1) is 13.1. The maximum atomic E-state index is 14.1. The van der Waals surface area contributed by atoms with Gasteiger partial charge < -0.3 is 9.47 Å². The van der Waals surface area contributed by atoms with Gasteiger partial charge in [-0.3, -0.25) is 9.38 Å². The van der Waals surface area contributed by atoms with Gasteiger partial charge >= 0.3 is 12.8 Å². The summed E-state index contributed by atoms with van der Waals surface area (Å²) in [5.41, 5.74) is 0.484. The molecule has 0 aromatic carbocycles. The maximum absolute atomic E-state index is 14.1. The van der Waals surface area contributed by atoms with Gasteiger partial charge in [-0.15, -0.1) is 10.2 Å². The number of hydrogen-bond acceptors (Lipinski definition) is 6. The summed E-state index contributed by atoms with van der Waals surface area (Å²) in [4.78, 5) is 7.57. The van der Waals surface area contributed by atoms with Gasteiger partial charge in [-0.1, -0.05) is 0 Å². The lowest BCUT2D eigenvalue weighted by atomic mass is 10.2. The van der Waals surface area contributed by atoms with Gasteiger partial charge in [0, 0.05) is 18.0 Å². The monoisotopic (exact) mass is 407 g/mol. The summed E-state index contributed by atoms with van der Waals surface area (Å²) in [7, 11) is 0. The number of hydrogen-bond donors (Lipinski definition) is 0. The normalized spacial score (nSPS) is 13.3. The highest BCUT2D eigenvalue weighted by Crippen LogP contribution is 2.27. The quantitative estimate of drug-likeness (QED) is 0.584. The van der Waals surface area contributed by atoms with Crippen LogP contribution in [-0.4, -0.2) is 43.5 Å². The van der Waals surface area contributed by atoms with Crippen LogP contribution in [0.3, 0.4) is 0 Å². The molecule has 0 aliphatic heterocycles. The minimum absolute atomic E-state index is 0.0475. The molecule has 13 heteroatoms. The molecule has 0 aliphatic carbocycles. The predicted molar refractivity (Wildman–Crippen MR) is 80.9 cm³/mol. The molecular formula is C15H11F6N5O2. The molecule has 0 unspecified atom stereocenters. The highest BCUT2D eigenvalue weighted by molar-refractivity contribution is 5.59. The van der Waals surface area contributed by atoms with Gasteiger partial charge in [-0.25, -0.2) is 9.37 Å². The average molecular weight is 407 g/mol. The van der Waals surface area contributed by atoms with E-state index in [0.29, 0.717) is 0 Å². The van der Waals surface area contributed by atoms with Crippen molar-refractivity contribution in [1.82, 2.24) is 24.6 Å². The van der Waals surface area contributed by atoms with Crippen molar-refractivity contribution in [2.45, 2.75) is 32.4 Å². The van der Waals surface area contributed by atoms with E-state index in [4.69, 9.17) is 0 Å². The minimum atomic E-state index is -4.68. The third kappa shape index (κ3) is 4.30. The number of aromatic nitrogens is 5. The van der Waals surface area contributed by atoms with Gasteiger partial charge in [-0.05, 0) is 13.0 Å². The molecule has 0 bridgehead atoms. The van der Waals surface area contributed by atoms with E-state index in [1.165, 1.54) is 16.8 Å². The first kappa shape index (κ1) is 19.8. The van der Waals surface area contributed by atoms with Gasteiger partial charge in [0.05, 0.1) is 11.9 Å². The van der Waals surface area contributed by atoms with Crippen LogP contribution in [0.2, 0.25) is 0 Å². The number of alkyl halides is 5. The molecule has 0 radical (unpaired) electrons. The summed E-state index contributed by atoms with van der Waals surface area (Å²) < 4.78 is 86.0. The average Bonchev–Trinajstić information content (AvgIpc) is 3.03. The molecule has 3 aromatic heterocycles. The van der Waals surface area contributed by atoms with E-state index in [0.717, 1.165) is 19.2 Å². The largest absolute Gasteiger partial charge is 0.463 e. The number of nitrogens with zero attached hydrogens (tertiary/aromatic N) is 5. The van der Waals surface area contributed by atoms with Crippen LogP contribution in [0, 0.1) is 5.82 Å². The molecule has 3 aromatic rings. The van der Waals surface area contributed by atoms with E-state index in [1.807, 2.05) is 0 Å². The zero-order chi connectivity index (χ0) is 20.5. The van der Waals surface area contributed by atoms with Crippen LogP contribution in [0.1, 0.15) is 12.7 Å². The fourth-order valence-electron chi connectivity index (χ4n) is 2.12. The Balaban J connectivity index is 1.88. The Kier molecular flexibility index (Phi) is 5.36. The van der Waals surface area contributed by atoms with Crippen LogP contribution in [0.25, 0.3) is 16.9 Å². The van der Waals surface area contributed by atoms with Crippen molar-refractivity contribution in [3.8, 4) is 17.1 Å². The van der Waals surface area contributed by atoms with Crippen molar-refractivity contribution in [2.75, 3.05) is 0 Å². The van der Waals surface area contributed by atoms with Gasteiger partial charge in [-0.2, -0.15) is 22.0 Å². The highest BCUT2D eigenvalue weighted by atomic mass is 19.4. The number of rotatable bonds is 6. The molecule has 0 amide bonds. The molecule has 0 spiro atoms. The molecule has 150 valence electrons. The Morgan fingerprint density at radius 2 is 1.89 bits per heavy atom. The van der Waals surface area contributed by atoms with Crippen LogP contribution >= 0.6 is 0 Å². The smallest absolute Gasteiger partial charge is 0.425 e. The summed E-state index contributed by atoms with van der Waals surface area (Å²) in [5, 5.41) is 7.42. The third-order valence-electron chi connectivity index (χ3n) is 3.55. The van der Waals surface area contributed by atoms with E-state index >= 15 is 0 Å². The molecular weight excluding hydrogens is 396 g/mol. The molecule has 0 saturated heterocycles. The zero-order valence-electron chi connectivity index (χ0n) is 14.0. The molecule has 3 rings (SSSR count). The maximum Gasteiger partial charge on any atom is 0.425 e. The lowest BCUT2D eigenvalue weighted by molar-refractivity contribution is -0.190. The van der Waals surface area contributed by atoms with Crippen LogP contribution in [0.5, 0.6) is 5.88 Å². The molecule has 0 saturated carbocycles. The van der Waals surface area contributed by atoms with Crippen molar-refractivity contribution in [2.24, 2.45) is 0 Å². The van der Waals surface area contributed by atoms with Crippen molar-refractivity contribution in [3.05, 3.63) is 36.3 Å². The number of pyridine rings is 1. The molecule has 0 N–H and O–H groups in total. The second-order valence-corrected chi connectivity index (χ2v) is 5.50. The van der Waals surface area contributed by atoms with Crippen LogP contribution in [0.4, 0.5) is 26.3 Å². The number of ether oxygens (including phenoxy) is 2. The van der Waals surface area contributed by atoms with Crippen LogP contribution in [0.15, 0.2) is 24.7 Å². The first-order valence-electron chi connectivity index (χ1n) is 7.64. The van der Waals surface area contributed by atoms with E-state index in [2.05, 4.69) is 29.6 Å². The third-order valence-corrected chi connectivity index (χ3v) is 3.55. The topological polar surface area (TPSA) is 74.4 Å². The molecule has 3 heterocycles. The van der Waals surface area contributed by atoms with Crippen molar-refractivity contribution < 1.29 is 35.8 Å². The summed E-state index contributed by atoms with van der Waals surface area (Å²) in [6, 6.07) is 0.888. The van der Waals surface area contributed by atoms with Gasteiger partial charge in [0.25, 0.3) is 5.88 Å². The molecule has 0 fully saturated rings. The van der Waals surface area contributed by atoms with Gasteiger partial charge in [0.15, 0.2) is 23.4 Å². The van der Waals surface area contributed by atoms with Crippen LogP contribution in [-0.2, 0) is 11.3 Å². The lowest BCUT2D eigenvalue weighted by Gasteiger charge is -2.17. The Morgan fingerprint density at radius 1 is 1.14 bits per heavy atom.